The van der Waals surface area contributed by atoms with Gasteiger partial charge in [-0.05, 0) is 47.9 Å². The number of primary amides is 1. The number of esters is 2. The average Bonchev–Trinajstić information content (AvgIpc) is 2.83. The predicted octanol–water partition coefficient (Wildman–Crippen LogP) is 5.79. The van der Waals surface area contributed by atoms with Crippen LogP contribution in [0.4, 0.5) is 0 Å². The molecule has 36 heavy (non-hydrogen) atoms. The van der Waals surface area contributed by atoms with E-state index in [9.17, 15) is 14.4 Å². The van der Waals surface area contributed by atoms with Gasteiger partial charge in [0.25, 0.3) is 0 Å². The molecule has 2 aromatic rings. The Morgan fingerprint density at radius 2 is 1.56 bits per heavy atom. The van der Waals surface area contributed by atoms with Crippen LogP contribution in [0.5, 0.6) is 0 Å². The minimum Gasteiger partial charge on any atom is -0.465 e. The van der Waals surface area contributed by atoms with Crippen LogP contribution in [0.15, 0.2) is 48.5 Å². The normalized spacial score (nSPS) is 12.5. The van der Waals surface area contributed by atoms with E-state index in [-0.39, 0.29) is 18.9 Å². The molecule has 0 aliphatic heterocycles. The van der Waals surface area contributed by atoms with E-state index in [0.717, 1.165) is 23.1 Å². The maximum absolute atomic E-state index is 11.6. The fraction of sp³-hybridized carbons (Fsp3) is 0.500. The second-order valence-electron chi connectivity index (χ2n) is 9.48. The van der Waals surface area contributed by atoms with Crippen molar-refractivity contribution in [2.75, 3.05) is 6.61 Å². The highest BCUT2D eigenvalue weighted by Crippen LogP contribution is 2.25. The number of carbonyl (C=O) groups is 3. The largest absolute Gasteiger partial charge is 0.465 e. The van der Waals surface area contributed by atoms with Gasteiger partial charge in [-0.2, -0.15) is 0 Å². The number of nitrogens with two attached hydrogens (primary N) is 1. The van der Waals surface area contributed by atoms with Crippen LogP contribution in [0.1, 0.15) is 76.8 Å². The van der Waals surface area contributed by atoms with Gasteiger partial charge in [0.05, 0.1) is 13.0 Å². The summed E-state index contributed by atoms with van der Waals surface area (Å²) in [7, 11) is 0. The molecule has 0 aromatic heterocycles. The molecular weight excluding hydrogens is 454 g/mol. The summed E-state index contributed by atoms with van der Waals surface area (Å²) in [5.41, 5.74) is 10.1. The Bertz CT molecular complexity index is 954. The van der Waals surface area contributed by atoms with Gasteiger partial charge in [-0.25, -0.2) is 0 Å². The third-order valence-corrected chi connectivity index (χ3v) is 6.33. The van der Waals surface area contributed by atoms with E-state index in [1.165, 1.54) is 51.5 Å². The fourth-order valence-electron chi connectivity index (χ4n) is 4.37. The van der Waals surface area contributed by atoms with Crippen molar-refractivity contribution in [3.63, 3.8) is 0 Å². The van der Waals surface area contributed by atoms with Gasteiger partial charge in [0, 0.05) is 19.8 Å². The zero-order valence-corrected chi connectivity index (χ0v) is 22.0. The molecule has 0 heterocycles. The smallest absolute Gasteiger partial charge is 0.302 e. The lowest BCUT2D eigenvalue weighted by Crippen LogP contribution is -2.34. The van der Waals surface area contributed by atoms with Crippen molar-refractivity contribution in [2.45, 2.75) is 84.7 Å². The molecule has 0 radical (unpaired) electrons. The summed E-state index contributed by atoms with van der Waals surface area (Å²) in [5, 5.41) is 0. The zero-order valence-electron chi connectivity index (χ0n) is 22.0. The molecule has 196 valence electrons. The van der Waals surface area contributed by atoms with Gasteiger partial charge in [-0.15, -0.1) is 0 Å². The number of unbranched alkanes of at least 4 members (excludes halogenated alkanes) is 4. The first kappa shape index (κ1) is 29.1. The minimum atomic E-state index is -0.739. The van der Waals surface area contributed by atoms with E-state index in [0.29, 0.717) is 12.8 Å². The first-order chi connectivity index (χ1) is 17.3. The number of aryl methyl sites for hydroxylation is 2. The first-order valence-electron chi connectivity index (χ1n) is 13.1. The van der Waals surface area contributed by atoms with Crippen LogP contribution < -0.4 is 5.73 Å². The van der Waals surface area contributed by atoms with Crippen molar-refractivity contribution in [3.05, 3.63) is 59.7 Å². The standard InChI is InChI=1S/C30H41NO5/c1-4-5-6-7-8-10-24-13-16-26(17-14-24)27-12-9-11-25(19-27)15-18-28(21-35-22(2)32)29(20-30(31)34)36-23(3)33/h9,11-14,16-17,19,28-29H,4-8,10,15,18,20-21H2,1-3H3,(H2,31,34). The average molecular weight is 496 g/mol. The van der Waals surface area contributed by atoms with Crippen LogP contribution in [0.2, 0.25) is 0 Å². The van der Waals surface area contributed by atoms with Gasteiger partial charge in [0.15, 0.2) is 0 Å². The Hall–Kier alpha value is -3.15. The highest BCUT2D eigenvalue weighted by atomic mass is 16.6. The molecule has 0 aliphatic carbocycles. The summed E-state index contributed by atoms with van der Waals surface area (Å²) in [6.07, 6.45) is 7.91. The van der Waals surface area contributed by atoms with Crippen molar-refractivity contribution in [2.24, 2.45) is 11.7 Å². The van der Waals surface area contributed by atoms with Crippen molar-refractivity contribution in [3.8, 4) is 11.1 Å². The Balaban J connectivity index is 2.05. The van der Waals surface area contributed by atoms with Crippen LogP contribution in [0.25, 0.3) is 11.1 Å². The summed E-state index contributed by atoms with van der Waals surface area (Å²) in [5.74, 6) is -1.83. The summed E-state index contributed by atoms with van der Waals surface area (Å²) >= 11 is 0. The number of ether oxygens (including phenoxy) is 2. The lowest BCUT2D eigenvalue weighted by Gasteiger charge is -2.25. The zero-order chi connectivity index (χ0) is 26.3. The molecule has 2 aromatic carbocycles. The quantitative estimate of drug-likeness (QED) is 0.235. The number of rotatable bonds is 16. The third kappa shape index (κ3) is 11.1. The molecule has 0 saturated carbocycles. The lowest BCUT2D eigenvalue weighted by atomic mass is 9.91. The second kappa shape index (κ2) is 15.8. The summed E-state index contributed by atoms with van der Waals surface area (Å²) in [4.78, 5) is 34.5. The van der Waals surface area contributed by atoms with Crippen molar-refractivity contribution >= 4 is 17.8 Å². The third-order valence-electron chi connectivity index (χ3n) is 6.33. The monoisotopic (exact) mass is 495 g/mol. The lowest BCUT2D eigenvalue weighted by molar-refractivity contribution is -0.154. The first-order valence-corrected chi connectivity index (χ1v) is 13.1. The Morgan fingerprint density at radius 1 is 0.833 bits per heavy atom. The number of hydrogen-bond donors (Lipinski definition) is 1. The molecular formula is C30H41NO5. The molecule has 0 aliphatic rings. The highest BCUT2D eigenvalue weighted by molar-refractivity contribution is 5.75. The topological polar surface area (TPSA) is 95.7 Å². The summed E-state index contributed by atoms with van der Waals surface area (Å²) in [6.45, 7) is 4.91. The molecule has 6 heteroatoms. The SMILES string of the molecule is CCCCCCCc1ccc(-c2cccc(CCC(COC(C)=O)C(CC(N)=O)OC(C)=O)c2)cc1. The molecule has 0 saturated heterocycles. The Kier molecular flexibility index (Phi) is 12.7. The Morgan fingerprint density at radius 3 is 2.19 bits per heavy atom. The highest BCUT2D eigenvalue weighted by Gasteiger charge is 2.27. The van der Waals surface area contributed by atoms with Crippen molar-refractivity contribution in [1.82, 2.24) is 0 Å². The van der Waals surface area contributed by atoms with Crippen LogP contribution in [0.3, 0.4) is 0 Å². The molecule has 0 bridgehead atoms. The van der Waals surface area contributed by atoms with Crippen LogP contribution in [-0.2, 0) is 36.7 Å². The van der Waals surface area contributed by atoms with E-state index >= 15 is 0 Å². The molecule has 2 unspecified atom stereocenters. The summed E-state index contributed by atoms with van der Waals surface area (Å²) < 4.78 is 10.6. The van der Waals surface area contributed by atoms with E-state index < -0.39 is 23.9 Å². The van der Waals surface area contributed by atoms with Gasteiger partial charge >= 0.3 is 11.9 Å². The van der Waals surface area contributed by atoms with Crippen LogP contribution >= 0.6 is 0 Å². The molecule has 2 atom stereocenters. The predicted molar refractivity (Wildman–Crippen MR) is 142 cm³/mol. The van der Waals surface area contributed by atoms with E-state index in [2.05, 4.69) is 43.3 Å². The van der Waals surface area contributed by atoms with Gasteiger partial charge in [-0.3, -0.25) is 14.4 Å². The maximum Gasteiger partial charge on any atom is 0.302 e. The molecule has 2 rings (SSSR count). The van der Waals surface area contributed by atoms with Crippen molar-refractivity contribution < 1.29 is 23.9 Å². The molecule has 6 nitrogen and oxygen atoms in total. The van der Waals surface area contributed by atoms with Crippen molar-refractivity contribution in [1.29, 1.82) is 0 Å². The number of carbonyl (C=O) groups excluding carboxylic acids is 3. The van der Waals surface area contributed by atoms with Crippen LogP contribution in [0, 0.1) is 5.92 Å². The molecule has 0 fully saturated rings. The molecule has 1 amide bonds. The van der Waals surface area contributed by atoms with Gasteiger partial charge in [-0.1, -0.05) is 81.1 Å². The number of hydrogen-bond acceptors (Lipinski definition) is 5. The number of amides is 1. The molecule has 0 spiro atoms. The minimum absolute atomic E-state index is 0.0557. The van der Waals surface area contributed by atoms with E-state index in [1.54, 1.807) is 0 Å². The van der Waals surface area contributed by atoms with Gasteiger partial charge in [0.2, 0.25) is 5.91 Å². The van der Waals surface area contributed by atoms with Crippen LogP contribution in [-0.4, -0.2) is 30.6 Å². The Labute approximate surface area is 215 Å². The molecule has 2 N–H and O–H groups in total. The fourth-order valence-corrected chi connectivity index (χ4v) is 4.37. The number of benzene rings is 2. The summed E-state index contributed by atoms with van der Waals surface area (Å²) in [6, 6.07) is 17.1. The van der Waals surface area contributed by atoms with Gasteiger partial charge in [0.1, 0.15) is 6.10 Å². The van der Waals surface area contributed by atoms with Gasteiger partial charge < -0.3 is 15.2 Å². The van der Waals surface area contributed by atoms with E-state index in [4.69, 9.17) is 15.2 Å². The van der Waals surface area contributed by atoms with E-state index in [1.807, 2.05) is 12.1 Å². The maximum atomic E-state index is 11.6. The second-order valence-corrected chi connectivity index (χ2v) is 9.48.